The van der Waals surface area contributed by atoms with E-state index in [1.54, 1.807) is 42.5 Å². The van der Waals surface area contributed by atoms with Crippen LogP contribution in [0.4, 0.5) is 0 Å². The Morgan fingerprint density at radius 1 is 0.769 bits per heavy atom. The number of thioether (sulfide) groups is 1. The van der Waals surface area contributed by atoms with Crippen molar-refractivity contribution in [3.05, 3.63) is 78.5 Å². The Bertz CT molecular complexity index is 1370. The normalized spacial score (nSPS) is 16.0. The second kappa shape index (κ2) is 5.61. The Hall–Kier alpha value is -1.78. The van der Waals surface area contributed by atoms with Gasteiger partial charge < -0.3 is 0 Å². The molecule has 0 radical (unpaired) electrons. The predicted octanol–water partition coefficient (Wildman–Crippen LogP) is 5.57. The second-order valence-corrected chi connectivity index (χ2v) is 8.35. The molecule has 4 aromatic carbocycles. The van der Waals surface area contributed by atoms with Crippen molar-refractivity contribution in [2.45, 2.75) is 4.90 Å². The molecule has 1 aliphatic heterocycles. The van der Waals surface area contributed by atoms with E-state index in [0.717, 1.165) is 4.90 Å². The van der Waals surface area contributed by atoms with E-state index in [0.29, 0.717) is 52.3 Å². The number of carbonyl (C=O) groups excluding carboxylic acids is 1. The van der Waals surface area contributed by atoms with Gasteiger partial charge in [0.25, 0.3) is 0 Å². The van der Waals surface area contributed by atoms with Crippen LogP contribution in [0.5, 0.6) is 0 Å². The van der Waals surface area contributed by atoms with Gasteiger partial charge in [-0.1, -0.05) is 52.6 Å². The maximum absolute atomic E-state index is 13.1. The van der Waals surface area contributed by atoms with Crippen LogP contribution in [-0.4, -0.2) is 5.78 Å². The van der Waals surface area contributed by atoms with Gasteiger partial charge >= 0.3 is 0 Å². The van der Waals surface area contributed by atoms with Crippen molar-refractivity contribution < 1.29 is 4.79 Å². The van der Waals surface area contributed by atoms with E-state index in [-0.39, 0.29) is 11.2 Å². The summed E-state index contributed by atoms with van der Waals surface area (Å²) in [7, 11) is 0. The minimum Gasteiger partial charge on any atom is -0.289 e. The number of benzene rings is 3. The zero-order valence-electron chi connectivity index (χ0n) is 12.9. The quantitative estimate of drug-likeness (QED) is 0.375. The number of carbonyl (C=O) groups is 1. The van der Waals surface area contributed by atoms with Crippen molar-refractivity contribution in [1.29, 1.82) is 0 Å². The van der Waals surface area contributed by atoms with Crippen molar-refractivity contribution in [2.75, 3.05) is 0 Å². The lowest BCUT2D eigenvalue weighted by molar-refractivity contribution is 0.105. The summed E-state index contributed by atoms with van der Waals surface area (Å²) in [5, 5.41) is 4.49. The highest BCUT2D eigenvalue weighted by Crippen LogP contribution is 2.42. The van der Waals surface area contributed by atoms with Gasteiger partial charge in [-0.25, -0.2) is 0 Å². The summed E-state index contributed by atoms with van der Waals surface area (Å²) in [6, 6.07) is 12.0. The summed E-state index contributed by atoms with van der Waals surface area (Å²) in [4.78, 5) is 27.2. The summed E-state index contributed by atoms with van der Waals surface area (Å²) in [5.41, 5.74) is 0.382. The molecule has 0 aromatic heterocycles. The minimum atomic E-state index is -0.182. The molecule has 0 N–H and O–H groups in total. The van der Waals surface area contributed by atoms with Gasteiger partial charge in [-0.05, 0) is 41.8 Å². The lowest BCUT2D eigenvalue weighted by atomic mass is 10.1. The SMILES string of the molecule is O=C1/C(=c2\c(=O)c3ccc(Cl)c4c(Cl)ccc2c43)Sc2cc(Cl)ccc21. The average Bonchev–Trinajstić information content (AvgIpc) is 3.07. The molecular formula is C20H7Cl3O2S. The Labute approximate surface area is 166 Å². The molecule has 0 unspecified atom stereocenters. The number of hydrogen-bond acceptors (Lipinski definition) is 3. The molecule has 6 heteroatoms. The number of hydrogen-bond donors (Lipinski definition) is 0. The van der Waals surface area contributed by atoms with Crippen LogP contribution >= 0.6 is 46.6 Å². The van der Waals surface area contributed by atoms with Crippen molar-refractivity contribution >= 4 is 78.8 Å². The van der Waals surface area contributed by atoms with Crippen molar-refractivity contribution in [3.8, 4) is 0 Å². The largest absolute Gasteiger partial charge is 0.289 e. The predicted molar refractivity (Wildman–Crippen MR) is 109 cm³/mol. The molecule has 0 aliphatic carbocycles. The van der Waals surface area contributed by atoms with Crippen LogP contribution in [0.3, 0.4) is 0 Å². The van der Waals surface area contributed by atoms with E-state index < -0.39 is 0 Å². The first-order chi connectivity index (χ1) is 12.5. The summed E-state index contributed by atoms with van der Waals surface area (Å²) in [6.07, 6.45) is 0. The molecule has 26 heavy (non-hydrogen) atoms. The van der Waals surface area contributed by atoms with Gasteiger partial charge in [0.1, 0.15) is 0 Å². The zero-order valence-corrected chi connectivity index (χ0v) is 16.0. The molecule has 0 amide bonds. The summed E-state index contributed by atoms with van der Waals surface area (Å²) in [6.45, 7) is 0. The lowest BCUT2D eigenvalue weighted by Gasteiger charge is -2.03. The summed E-state index contributed by atoms with van der Waals surface area (Å²) < 4.78 is 0. The van der Waals surface area contributed by atoms with Crippen molar-refractivity contribution in [3.63, 3.8) is 0 Å². The van der Waals surface area contributed by atoms with Crippen molar-refractivity contribution in [1.82, 2.24) is 0 Å². The highest BCUT2D eigenvalue weighted by atomic mass is 35.5. The number of halogens is 3. The Morgan fingerprint density at radius 3 is 2.19 bits per heavy atom. The minimum absolute atomic E-state index is 0.160. The van der Waals surface area contributed by atoms with Crippen LogP contribution in [0, 0.1) is 0 Å². The van der Waals surface area contributed by atoms with Gasteiger partial charge in [-0.15, -0.1) is 0 Å². The fourth-order valence-electron chi connectivity index (χ4n) is 3.50. The van der Waals surface area contributed by atoms with Gasteiger partial charge in [-0.3, -0.25) is 9.59 Å². The maximum Gasteiger partial charge on any atom is 0.201 e. The highest BCUT2D eigenvalue weighted by Gasteiger charge is 2.29. The molecule has 0 saturated carbocycles. The monoisotopic (exact) mass is 416 g/mol. The van der Waals surface area contributed by atoms with E-state index >= 15 is 0 Å². The van der Waals surface area contributed by atoms with E-state index in [1.807, 2.05) is 0 Å². The first-order valence-electron chi connectivity index (χ1n) is 7.69. The third-order valence-electron chi connectivity index (χ3n) is 4.63. The maximum atomic E-state index is 13.1. The molecule has 0 spiro atoms. The van der Waals surface area contributed by atoms with Gasteiger partial charge in [0.2, 0.25) is 5.78 Å². The Morgan fingerprint density at radius 2 is 1.46 bits per heavy atom. The van der Waals surface area contributed by atoms with Crippen LogP contribution in [-0.2, 0) is 0 Å². The second-order valence-electron chi connectivity index (χ2n) is 6.04. The third-order valence-corrected chi connectivity index (χ3v) is 6.65. The molecular weight excluding hydrogens is 411 g/mol. The standard InChI is InChI=1S/C20H7Cl3O2S/c21-8-1-2-9-14(7-8)26-20(19(9)25)16-10-3-5-12(22)17-13(23)6-4-11(15(10)17)18(16)24/h1-7H/b20-16+. The topological polar surface area (TPSA) is 34.1 Å². The van der Waals surface area contributed by atoms with Gasteiger partial charge in [0.05, 0.1) is 4.91 Å². The average molecular weight is 418 g/mol. The third kappa shape index (κ3) is 2.09. The lowest BCUT2D eigenvalue weighted by Crippen LogP contribution is -2.23. The number of fused-ring (bicyclic) bond motifs is 1. The van der Waals surface area contributed by atoms with E-state index in [9.17, 15) is 9.59 Å². The fraction of sp³-hybridized carbons (Fsp3) is 0. The Kier molecular flexibility index (Phi) is 3.54. The zero-order chi connectivity index (χ0) is 18.2. The smallest absolute Gasteiger partial charge is 0.201 e. The fourth-order valence-corrected chi connectivity index (χ4v) is 5.49. The van der Waals surface area contributed by atoms with Gasteiger partial charge in [0, 0.05) is 46.9 Å². The summed E-state index contributed by atoms with van der Waals surface area (Å²) in [5.74, 6) is -0.160. The molecule has 4 aromatic rings. The number of ketones is 1. The first-order valence-corrected chi connectivity index (χ1v) is 9.64. The molecule has 5 rings (SSSR count). The van der Waals surface area contributed by atoms with E-state index in [1.165, 1.54) is 11.8 Å². The molecule has 1 aliphatic rings. The van der Waals surface area contributed by atoms with Crippen LogP contribution in [0.25, 0.3) is 26.5 Å². The molecule has 0 saturated heterocycles. The Balaban J connectivity index is 1.98. The number of rotatable bonds is 0. The van der Waals surface area contributed by atoms with Crippen LogP contribution < -0.4 is 10.6 Å². The first kappa shape index (κ1) is 16.4. The van der Waals surface area contributed by atoms with Crippen LogP contribution in [0.1, 0.15) is 10.4 Å². The van der Waals surface area contributed by atoms with E-state index in [4.69, 9.17) is 34.8 Å². The van der Waals surface area contributed by atoms with Crippen molar-refractivity contribution in [2.24, 2.45) is 0 Å². The molecule has 126 valence electrons. The molecule has 0 atom stereocenters. The highest BCUT2D eigenvalue weighted by molar-refractivity contribution is 8.10. The summed E-state index contributed by atoms with van der Waals surface area (Å²) >= 11 is 19.9. The van der Waals surface area contributed by atoms with Crippen LogP contribution in [0.15, 0.2) is 52.2 Å². The number of Topliss-reactive ketones (excluding diaryl/α,β-unsaturated/α-hetero) is 1. The molecule has 0 bridgehead atoms. The van der Waals surface area contributed by atoms with Gasteiger partial charge in [-0.2, -0.15) is 0 Å². The molecule has 0 fully saturated rings. The molecule has 2 nitrogen and oxygen atoms in total. The van der Waals surface area contributed by atoms with E-state index in [2.05, 4.69) is 0 Å². The van der Waals surface area contributed by atoms with Gasteiger partial charge in [0.15, 0.2) is 5.43 Å². The van der Waals surface area contributed by atoms with Crippen LogP contribution in [0.2, 0.25) is 15.1 Å². The molecule has 1 heterocycles.